The van der Waals surface area contributed by atoms with Crippen LogP contribution in [0.2, 0.25) is 0 Å². The van der Waals surface area contributed by atoms with Crippen molar-refractivity contribution >= 4 is 5.69 Å². The molecule has 70 valence electrons. The molecule has 0 amide bonds. The highest BCUT2D eigenvalue weighted by Gasteiger charge is 2.25. The molecule has 0 atom stereocenters. The Bertz CT molecular complexity index is 380. The Labute approximate surface area is 69.4 Å². The van der Waals surface area contributed by atoms with Crippen molar-refractivity contribution in [3.8, 4) is 5.75 Å². The normalized spacial score (nSPS) is 10.1. The van der Waals surface area contributed by atoms with Crippen molar-refractivity contribution < 1.29 is 23.2 Å². The van der Waals surface area contributed by atoms with Crippen LogP contribution >= 0.6 is 0 Å². The second-order valence-electron chi connectivity index (χ2n) is 2.11. The average Bonchev–Trinajstić information content (AvgIpc) is 2.07. The summed E-state index contributed by atoms with van der Waals surface area (Å²) in [4.78, 5) is 8.74. The Kier molecular flexibility index (Phi) is 2.09. The molecule has 0 aromatic heterocycles. The van der Waals surface area contributed by atoms with Crippen molar-refractivity contribution in [1.29, 1.82) is 0 Å². The summed E-state index contributed by atoms with van der Waals surface area (Å²) in [5, 5.41) is 18.6. The van der Waals surface area contributed by atoms with Crippen LogP contribution in [0.15, 0.2) is 6.07 Å². The average molecular weight is 193 g/mol. The van der Waals surface area contributed by atoms with Gasteiger partial charge in [0.25, 0.3) is 0 Å². The topological polar surface area (TPSA) is 63.4 Å². The number of nitro groups is 1. The Hall–Kier alpha value is -1.79. The Balaban J connectivity index is 3.50. The molecule has 1 aromatic carbocycles. The highest BCUT2D eigenvalue weighted by molar-refractivity contribution is 5.40. The van der Waals surface area contributed by atoms with E-state index in [1.807, 2.05) is 0 Å². The lowest BCUT2D eigenvalue weighted by atomic mass is 10.2. The summed E-state index contributed by atoms with van der Waals surface area (Å²) in [6.45, 7) is 0. The SMILES string of the molecule is O=[N+]([O-])c1cc(O)c(F)c(F)c1F. The summed E-state index contributed by atoms with van der Waals surface area (Å²) in [5.74, 6) is -7.14. The minimum Gasteiger partial charge on any atom is -0.505 e. The first-order valence-electron chi connectivity index (χ1n) is 2.96. The predicted molar refractivity (Wildman–Crippen MR) is 34.6 cm³/mol. The van der Waals surface area contributed by atoms with E-state index in [0.29, 0.717) is 0 Å². The molecule has 0 unspecified atom stereocenters. The lowest BCUT2D eigenvalue weighted by Gasteiger charge is -1.98. The number of nitro benzene ring substituents is 1. The van der Waals surface area contributed by atoms with Gasteiger partial charge in [0.2, 0.25) is 17.5 Å². The largest absolute Gasteiger partial charge is 0.505 e. The lowest BCUT2D eigenvalue weighted by Crippen LogP contribution is -1.98. The fraction of sp³-hybridized carbons (Fsp3) is 0. The van der Waals surface area contributed by atoms with Crippen LogP contribution in [0.3, 0.4) is 0 Å². The number of nitrogens with zero attached hydrogens (tertiary/aromatic N) is 1. The van der Waals surface area contributed by atoms with Gasteiger partial charge in [-0.1, -0.05) is 0 Å². The molecule has 1 aromatic rings. The number of phenolic OH excluding ortho intramolecular Hbond substituents is 1. The van der Waals surface area contributed by atoms with E-state index >= 15 is 0 Å². The summed E-state index contributed by atoms with van der Waals surface area (Å²) in [5.41, 5.74) is -1.31. The number of hydrogen-bond acceptors (Lipinski definition) is 3. The van der Waals surface area contributed by atoms with Gasteiger partial charge >= 0.3 is 5.69 Å². The van der Waals surface area contributed by atoms with Gasteiger partial charge in [-0.25, -0.2) is 4.39 Å². The minimum absolute atomic E-state index is 0.202. The molecule has 1 N–H and O–H groups in total. The zero-order valence-electron chi connectivity index (χ0n) is 5.92. The third-order valence-electron chi connectivity index (χ3n) is 1.31. The maximum atomic E-state index is 12.5. The van der Waals surface area contributed by atoms with Gasteiger partial charge in [-0.2, -0.15) is 8.78 Å². The van der Waals surface area contributed by atoms with Crippen molar-refractivity contribution in [3.05, 3.63) is 33.6 Å². The standard InChI is InChI=1S/C6H2F3NO3/c7-4-2(10(12)13)1-3(11)5(8)6(4)9/h1,11H. The second-order valence-corrected chi connectivity index (χ2v) is 2.11. The van der Waals surface area contributed by atoms with E-state index in [0.717, 1.165) is 0 Å². The maximum Gasteiger partial charge on any atom is 0.311 e. The van der Waals surface area contributed by atoms with E-state index in [2.05, 4.69) is 0 Å². The number of benzene rings is 1. The van der Waals surface area contributed by atoms with Crippen molar-refractivity contribution in [2.45, 2.75) is 0 Å². The Morgan fingerprint density at radius 2 is 1.77 bits per heavy atom. The molecule has 0 fully saturated rings. The van der Waals surface area contributed by atoms with Crippen LogP contribution in [-0.2, 0) is 0 Å². The molecule has 13 heavy (non-hydrogen) atoms. The smallest absolute Gasteiger partial charge is 0.311 e. The second kappa shape index (κ2) is 2.92. The van der Waals surface area contributed by atoms with Crippen LogP contribution < -0.4 is 0 Å². The Morgan fingerprint density at radius 3 is 2.23 bits per heavy atom. The third-order valence-corrected chi connectivity index (χ3v) is 1.31. The van der Waals surface area contributed by atoms with E-state index in [-0.39, 0.29) is 6.07 Å². The molecule has 0 aliphatic carbocycles. The number of rotatable bonds is 1. The minimum atomic E-state index is -2.06. The quantitative estimate of drug-likeness (QED) is 0.419. The van der Waals surface area contributed by atoms with Crippen molar-refractivity contribution in [2.24, 2.45) is 0 Å². The van der Waals surface area contributed by atoms with E-state index in [1.54, 1.807) is 0 Å². The number of phenols is 1. The zero-order chi connectivity index (χ0) is 10.2. The van der Waals surface area contributed by atoms with E-state index in [9.17, 15) is 23.3 Å². The van der Waals surface area contributed by atoms with E-state index < -0.39 is 33.8 Å². The van der Waals surface area contributed by atoms with Gasteiger partial charge < -0.3 is 5.11 Å². The number of aromatic hydroxyl groups is 1. The van der Waals surface area contributed by atoms with E-state index in [4.69, 9.17) is 5.11 Å². The lowest BCUT2D eigenvalue weighted by molar-refractivity contribution is -0.387. The van der Waals surface area contributed by atoms with Crippen molar-refractivity contribution in [3.63, 3.8) is 0 Å². The Morgan fingerprint density at radius 1 is 1.23 bits per heavy atom. The van der Waals surface area contributed by atoms with Gasteiger partial charge in [-0.15, -0.1) is 0 Å². The molecular weight excluding hydrogens is 191 g/mol. The molecule has 0 aliphatic rings. The molecule has 0 spiro atoms. The first-order valence-corrected chi connectivity index (χ1v) is 2.96. The maximum absolute atomic E-state index is 12.5. The van der Waals surface area contributed by atoms with Gasteiger partial charge in [0, 0.05) is 0 Å². The first-order chi connectivity index (χ1) is 5.95. The van der Waals surface area contributed by atoms with Crippen LogP contribution in [0, 0.1) is 27.6 Å². The van der Waals surface area contributed by atoms with Crippen molar-refractivity contribution in [1.82, 2.24) is 0 Å². The molecule has 0 saturated heterocycles. The molecule has 0 saturated carbocycles. The molecule has 7 heteroatoms. The molecule has 0 heterocycles. The van der Waals surface area contributed by atoms with Crippen LogP contribution in [0.25, 0.3) is 0 Å². The summed E-state index contributed by atoms with van der Waals surface area (Å²) < 4.78 is 37.3. The highest BCUT2D eigenvalue weighted by atomic mass is 19.2. The third kappa shape index (κ3) is 1.40. The summed E-state index contributed by atoms with van der Waals surface area (Å²) in [6, 6.07) is 0.202. The van der Waals surface area contributed by atoms with Crippen LogP contribution in [-0.4, -0.2) is 10.0 Å². The molecule has 4 nitrogen and oxygen atoms in total. The summed E-state index contributed by atoms with van der Waals surface area (Å²) in [6.07, 6.45) is 0. The first kappa shape index (κ1) is 9.30. The molecule has 1 rings (SSSR count). The molecule has 0 radical (unpaired) electrons. The number of halogens is 3. The predicted octanol–water partition coefficient (Wildman–Crippen LogP) is 1.72. The fourth-order valence-electron chi connectivity index (χ4n) is 0.710. The van der Waals surface area contributed by atoms with Gasteiger partial charge in [0.05, 0.1) is 11.0 Å². The highest BCUT2D eigenvalue weighted by Crippen LogP contribution is 2.28. The van der Waals surface area contributed by atoms with Crippen LogP contribution in [0.1, 0.15) is 0 Å². The van der Waals surface area contributed by atoms with Gasteiger partial charge in [0.15, 0.2) is 5.75 Å². The molecular formula is C6H2F3NO3. The fourth-order valence-corrected chi connectivity index (χ4v) is 0.710. The van der Waals surface area contributed by atoms with Gasteiger partial charge in [-0.05, 0) is 0 Å². The van der Waals surface area contributed by atoms with Gasteiger partial charge in [0.1, 0.15) is 0 Å². The molecule has 0 aliphatic heterocycles. The van der Waals surface area contributed by atoms with Crippen LogP contribution in [0.5, 0.6) is 5.75 Å². The van der Waals surface area contributed by atoms with Gasteiger partial charge in [-0.3, -0.25) is 10.1 Å². The van der Waals surface area contributed by atoms with Crippen LogP contribution in [0.4, 0.5) is 18.9 Å². The molecule has 0 bridgehead atoms. The summed E-state index contributed by atoms with van der Waals surface area (Å²) >= 11 is 0. The summed E-state index contributed by atoms with van der Waals surface area (Å²) in [7, 11) is 0. The number of hydrogen-bond donors (Lipinski definition) is 1. The monoisotopic (exact) mass is 193 g/mol. The zero-order valence-corrected chi connectivity index (χ0v) is 5.92. The van der Waals surface area contributed by atoms with E-state index in [1.165, 1.54) is 0 Å². The van der Waals surface area contributed by atoms with Crippen molar-refractivity contribution in [2.75, 3.05) is 0 Å².